The van der Waals surface area contributed by atoms with E-state index in [0.717, 1.165) is 25.9 Å². The number of phenols is 1. The molecule has 0 saturated carbocycles. The third-order valence-corrected chi connectivity index (χ3v) is 14.6. The van der Waals surface area contributed by atoms with Gasteiger partial charge in [0.15, 0.2) is 22.4 Å². The predicted octanol–water partition coefficient (Wildman–Crippen LogP) is 4.52. The lowest BCUT2D eigenvalue weighted by atomic mass is 9.78. The summed E-state index contributed by atoms with van der Waals surface area (Å²) in [5, 5.41) is 60.3. The molecule has 3 aromatic carbocycles. The fourth-order valence-electron chi connectivity index (χ4n) is 10.3. The number of aromatic nitrogens is 1. The van der Waals surface area contributed by atoms with Gasteiger partial charge in [0, 0.05) is 91.2 Å². The SMILES string of the molecule is CO[C@H]1/C=C/O[C@@]2(C)Oc3c(C)c(O)c4c(=O)c(c5oc6cc(N7C[C@@H]8CCCN(C)[C@@H]8C7)cc(=O)c6nc5c4c3=C2O)NC(=O)/C(C)=C\C=C\[C@H](C)[C@H](O)[C@@H](C)[C@@H](O)[C@H](C)[C@H](O)[C@H]1C. The molecule has 0 aliphatic carbocycles. The zero-order valence-corrected chi connectivity index (χ0v) is 38.3. The molecule has 0 radical (unpaired) electrons. The Morgan fingerprint density at radius 2 is 1.63 bits per heavy atom. The number of methoxy groups -OCH3 is 1. The first kappa shape index (κ1) is 46.0. The molecule has 0 unspecified atom stereocenters. The minimum absolute atomic E-state index is 0.0301. The second kappa shape index (κ2) is 17.4. The molecule has 4 aliphatic heterocycles. The maximum absolute atomic E-state index is 14.9. The van der Waals surface area contributed by atoms with Gasteiger partial charge in [-0.2, -0.15) is 0 Å². The standard InChI is InChI=1S/C49H60N4O12/c1-22-12-10-13-23(2)48(61)51-39-44(59)35-34(38-46(39)64-33-19-29(18-31(54)37(33)50-38)53-20-28-14-11-16-52(8)30(28)21-53)36-45(27(6)43(35)58)65-49(7,47(36)60)63-17-15-32(62-9)24(3)41(56)26(5)42(57)25(4)40(22)55/h10,12-13,15,17-19,22,24-26,28,30,32,40-42,55-58,60H,11,14,16,20-21H2,1-9H3,(H,51,61)/b12-10+,17-15+,23-13-/t22-,24-,25+,26+,28-,30+,32-,40-,41+,42+,49-/m0/s1. The maximum Gasteiger partial charge on any atom is 0.307 e. The van der Waals surface area contributed by atoms with Gasteiger partial charge in [0.05, 0.1) is 41.3 Å². The summed E-state index contributed by atoms with van der Waals surface area (Å²) in [6, 6.07) is 3.55. The number of aliphatic hydroxyl groups excluding tert-OH is 4. The number of rotatable bonds is 2. The quantitative estimate of drug-likeness (QED) is 0.120. The summed E-state index contributed by atoms with van der Waals surface area (Å²) in [5.41, 5.74) is -1.16. The molecule has 4 aromatic rings. The number of likely N-dealkylation sites (tertiary alicyclic amines) is 1. The third kappa shape index (κ3) is 7.82. The monoisotopic (exact) mass is 896 g/mol. The number of hydrogen-bond donors (Lipinski definition) is 6. The van der Waals surface area contributed by atoms with Crippen molar-refractivity contribution in [2.75, 3.05) is 44.0 Å². The van der Waals surface area contributed by atoms with Crippen LogP contribution in [-0.4, -0.2) is 111 Å². The third-order valence-electron chi connectivity index (χ3n) is 14.6. The van der Waals surface area contributed by atoms with Crippen molar-refractivity contribution < 1.29 is 49.0 Å². The Bertz CT molecular complexity index is 2840. The molecule has 8 rings (SSSR count). The highest BCUT2D eigenvalue weighted by Gasteiger charge is 2.44. The number of nitrogens with zero attached hydrogens (tertiary/aromatic N) is 3. The summed E-state index contributed by atoms with van der Waals surface area (Å²) < 4.78 is 24.6. The summed E-state index contributed by atoms with van der Waals surface area (Å²) in [6.45, 7) is 13.8. The molecular formula is C49H60N4O12. The van der Waals surface area contributed by atoms with Crippen LogP contribution in [0.15, 0.2) is 62.3 Å². The molecule has 65 heavy (non-hydrogen) atoms. The summed E-state index contributed by atoms with van der Waals surface area (Å²) in [4.78, 5) is 52.3. The number of hydrogen-bond acceptors (Lipinski definition) is 15. The molecule has 4 aliphatic rings. The number of carbonyl (C=O) groups excluding carboxylic acids is 1. The number of aromatic hydroxyl groups is 1. The summed E-state index contributed by atoms with van der Waals surface area (Å²) >= 11 is 0. The Morgan fingerprint density at radius 3 is 2.34 bits per heavy atom. The maximum atomic E-state index is 14.9. The van der Waals surface area contributed by atoms with Crippen LogP contribution in [0.1, 0.15) is 59.9 Å². The largest absolute Gasteiger partial charge is 0.507 e. The van der Waals surface area contributed by atoms with Gasteiger partial charge in [0.1, 0.15) is 22.7 Å². The van der Waals surface area contributed by atoms with E-state index in [1.807, 2.05) is 0 Å². The molecule has 0 spiro atoms. The Morgan fingerprint density at radius 1 is 0.923 bits per heavy atom. The molecule has 11 atom stereocenters. The molecule has 4 bridgehead atoms. The average Bonchev–Trinajstić information content (AvgIpc) is 3.84. The number of aliphatic hydroxyl groups is 4. The first-order chi connectivity index (χ1) is 30.8. The number of anilines is 2. The Hall–Kier alpha value is -5.52. The number of benzene rings is 3. The molecule has 16 nitrogen and oxygen atoms in total. The lowest BCUT2D eigenvalue weighted by molar-refractivity contribution is -0.112. The fraction of sp³-hybridized carbons (Fsp3) is 0.510. The van der Waals surface area contributed by atoms with E-state index in [-0.39, 0.29) is 60.8 Å². The molecule has 16 heteroatoms. The van der Waals surface area contributed by atoms with Crippen LogP contribution < -0.4 is 31.0 Å². The molecule has 6 N–H and O–H groups in total. The Kier molecular flexibility index (Phi) is 12.3. The van der Waals surface area contributed by atoms with Gasteiger partial charge in [-0.1, -0.05) is 45.9 Å². The number of ether oxygens (including phenoxy) is 3. The molecule has 5 heterocycles. The molecule has 2 fully saturated rings. The van der Waals surface area contributed by atoms with Crippen LogP contribution in [0.25, 0.3) is 38.7 Å². The highest BCUT2D eigenvalue weighted by molar-refractivity contribution is 6.16. The number of amides is 1. The van der Waals surface area contributed by atoms with Gasteiger partial charge in [-0.15, -0.1) is 0 Å². The summed E-state index contributed by atoms with van der Waals surface area (Å²) in [6.07, 6.45) is 5.69. The molecule has 1 aromatic heterocycles. The van der Waals surface area contributed by atoms with Gasteiger partial charge >= 0.3 is 5.79 Å². The number of carbonyl (C=O) groups is 1. The van der Waals surface area contributed by atoms with Gasteiger partial charge in [0.25, 0.3) is 5.91 Å². The van der Waals surface area contributed by atoms with E-state index in [4.69, 9.17) is 23.6 Å². The summed E-state index contributed by atoms with van der Waals surface area (Å²) in [7, 11) is 3.56. The van der Waals surface area contributed by atoms with Gasteiger partial charge in [-0.3, -0.25) is 14.4 Å². The number of likely N-dealkylation sites (N-methyl/N-ethyl adjacent to an activating group) is 1. The second-order valence-corrected chi connectivity index (χ2v) is 18.8. The van der Waals surface area contributed by atoms with Gasteiger partial charge in [-0.25, -0.2) is 4.98 Å². The normalized spacial score (nSPS) is 33.5. The van der Waals surface area contributed by atoms with Crippen LogP contribution >= 0.6 is 0 Å². The van der Waals surface area contributed by atoms with Crippen molar-refractivity contribution in [2.45, 2.75) is 97.6 Å². The number of piperidine rings is 1. The zero-order chi connectivity index (χ0) is 47.0. The van der Waals surface area contributed by atoms with E-state index in [1.54, 1.807) is 45.9 Å². The highest BCUT2D eigenvalue weighted by Crippen LogP contribution is 2.43. The van der Waals surface area contributed by atoms with Crippen LogP contribution in [0.4, 0.5) is 11.4 Å². The number of fused-ring (bicyclic) bond motifs is 3. The van der Waals surface area contributed by atoms with Crippen molar-refractivity contribution in [1.29, 1.82) is 0 Å². The van der Waals surface area contributed by atoms with Crippen molar-refractivity contribution in [3.63, 3.8) is 0 Å². The van der Waals surface area contributed by atoms with Gasteiger partial charge < -0.3 is 59.3 Å². The Balaban J connectivity index is 1.35. The van der Waals surface area contributed by atoms with Crippen molar-refractivity contribution in [2.24, 2.45) is 29.6 Å². The van der Waals surface area contributed by atoms with E-state index in [9.17, 15) is 39.9 Å². The van der Waals surface area contributed by atoms with Crippen molar-refractivity contribution in [1.82, 2.24) is 9.88 Å². The van der Waals surface area contributed by atoms with Crippen molar-refractivity contribution in [3.05, 3.63) is 79.5 Å². The van der Waals surface area contributed by atoms with E-state index in [1.165, 1.54) is 52.4 Å². The molecule has 2 saturated heterocycles. The Labute approximate surface area is 376 Å². The number of nitrogens with one attached hydrogen (secondary N) is 1. The van der Waals surface area contributed by atoms with Gasteiger partial charge in [0.2, 0.25) is 10.9 Å². The van der Waals surface area contributed by atoms with Crippen LogP contribution in [0.3, 0.4) is 0 Å². The molecule has 1 amide bonds. The van der Waals surface area contributed by atoms with Gasteiger partial charge in [-0.05, 0) is 52.3 Å². The lowest BCUT2D eigenvalue weighted by Gasteiger charge is -2.36. The predicted molar refractivity (Wildman–Crippen MR) is 247 cm³/mol. The van der Waals surface area contributed by atoms with E-state index >= 15 is 0 Å². The summed E-state index contributed by atoms with van der Waals surface area (Å²) in [5.74, 6) is -5.74. The second-order valence-electron chi connectivity index (χ2n) is 18.8. The minimum Gasteiger partial charge on any atom is -0.507 e. The zero-order valence-electron chi connectivity index (χ0n) is 38.3. The van der Waals surface area contributed by atoms with E-state index < -0.39 is 82.1 Å². The van der Waals surface area contributed by atoms with Crippen LogP contribution in [-0.2, 0) is 14.3 Å². The average molecular weight is 897 g/mol. The van der Waals surface area contributed by atoms with Crippen molar-refractivity contribution in [3.8, 4) is 11.5 Å². The highest BCUT2D eigenvalue weighted by atomic mass is 16.7. The molecule has 348 valence electrons. The van der Waals surface area contributed by atoms with E-state index in [2.05, 4.69) is 22.2 Å². The van der Waals surface area contributed by atoms with Crippen LogP contribution in [0, 0.1) is 36.5 Å². The first-order valence-corrected chi connectivity index (χ1v) is 22.4. The van der Waals surface area contributed by atoms with Crippen LogP contribution in [0.5, 0.6) is 11.5 Å². The smallest absolute Gasteiger partial charge is 0.307 e. The van der Waals surface area contributed by atoms with Crippen LogP contribution in [0.2, 0.25) is 0 Å². The number of phenolic OH excluding ortho intramolecular Hbond substituents is 1. The fourth-order valence-corrected chi connectivity index (χ4v) is 10.3. The lowest BCUT2D eigenvalue weighted by Crippen LogP contribution is -2.44. The minimum atomic E-state index is -1.95. The number of allylic oxidation sites excluding steroid dienone is 2. The van der Waals surface area contributed by atoms with E-state index in [0.29, 0.717) is 24.2 Å². The van der Waals surface area contributed by atoms with Crippen molar-refractivity contribution >= 4 is 56.0 Å². The molecular weight excluding hydrogens is 837 g/mol. The first-order valence-electron chi connectivity index (χ1n) is 22.4. The topological polar surface area (TPSA) is 225 Å².